The molecule has 4 rings (SSSR count). The van der Waals surface area contributed by atoms with Crippen LogP contribution in [0.5, 0.6) is 0 Å². The van der Waals surface area contributed by atoms with E-state index in [0.29, 0.717) is 17.8 Å². The molecule has 2 atom stereocenters. The fourth-order valence-corrected chi connectivity index (χ4v) is 5.34. The molecule has 0 radical (unpaired) electrons. The van der Waals surface area contributed by atoms with Crippen LogP contribution in [0.3, 0.4) is 0 Å². The molecule has 0 heterocycles. The van der Waals surface area contributed by atoms with Crippen molar-refractivity contribution in [3.8, 4) is 0 Å². The molecular weight excluding hydrogens is 396 g/mol. The second-order valence-corrected chi connectivity index (χ2v) is 9.86. The fraction of sp³-hybridized carbons (Fsp3) is 0.333. The molecule has 1 saturated carbocycles. The van der Waals surface area contributed by atoms with E-state index in [4.69, 9.17) is 0 Å². The molecule has 3 aliphatic rings. The van der Waals surface area contributed by atoms with Crippen molar-refractivity contribution in [2.45, 2.75) is 52.9 Å². The lowest BCUT2D eigenvalue weighted by Gasteiger charge is -2.34. The number of rotatable bonds is 7. The summed E-state index contributed by atoms with van der Waals surface area (Å²) in [5, 5.41) is 0. The Morgan fingerprint density at radius 3 is 2.36 bits per heavy atom. The fourth-order valence-electron chi connectivity index (χ4n) is 5.34. The standard InChI is InChI=1S/C33H38/c1-6-30(27-12-9-8-10-13-27)33(28-14-11-15-28)31(7-2)32-21-20-29(22-24(32)4)25(5)26-18-16-23(3)17-19-26/h6-10,12-13,16,18-21,23-24,28H,2,5,11,14-15,17,22H2,1,3-4H3/b30-6-,33-31+. The molecule has 1 aromatic carbocycles. The zero-order valence-corrected chi connectivity index (χ0v) is 20.6. The Morgan fingerprint density at radius 2 is 1.82 bits per heavy atom. The maximum atomic E-state index is 4.46. The largest absolute Gasteiger partial charge is 0.0984 e. The van der Waals surface area contributed by atoms with Gasteiger partial charge in [0.1, 0.15) is 0 Å². The summed E-state index contributed by atoms with van der Waals surface area (Å²) in [5.41, 5.74) is 10.8. The minimum atomic E-state index is 0.436. The first-order valence-electron chi connectivity index (χ1n) is 12.6. The van der Waals surface area contributed by atoms with Crippen LogP contribution >= 0.6 is 0 Å². The number of allylic oxidation sites excluding steroid dienone is 14. The Kier molecular flexibility index (Phi) is 7.33. The molecule has 0 heteroatoms. The molecule has 33 heavy (non-hydrogen) atoms. The topological polar surface area (TPSA) is 0 Å². The number of benzene rings is 1. The van der Waals surface area contributed by atoms with Gasteiger partial charge in [-0.15, -0.1) is 0 Å². The lowest BCUT2D eigenvalue weighted by atomic mass is 9.70. The minimum absolute atomic E-state index is 0.436. The second kappa shape index (κ2) is 10.4. The lowest BCUT2D eigenvalue weighted by molar-refractivity contribution is 0.374. The molecule has 0 spiro atoms. The SMILES string of the molecule is C=C/C(C1=CC=C(C(=C)C2=CCC(C)C=C2)CC1C)=C(\C(=C/C)c1ccccc1)C1CCC1. The molecule has 0 N–H and O–H groups in total. The summed E-state index contributed by atoms with van der Waals surface area (Å²) in [4.78, 5) is 0. The average molecular weight is 435 g/mol. The maximum Gasteiger partial charge on any atom is -0.0144 e. The van der Waals surface area contributed by atoms with Crippen LogP contribution in [0.4, 0.5) is 0 Å². The van der Waals surface area contributed by atoms with E-state index in [2.05, 4.69) is 107 Å². The van der Waals surface area contributed by atoms with Gasteiger partial charge in [-0.25, -0.2) is 0 Å². The quantitative estimate of drug-likeness (QED) is 0.375. The van der Waals surface area contributed by atoms with Gasteiger partial charge in [-0.3, -0.25) is 0 Å². The van der Waals surface area contributed by atoms with E-state index in [9.17, 15) is 0 Å². The van der Waals surface area contributed by atoms with E-state index < -0.39 is 0 Å². The van der Waals surface area contributed by atoms with Crippen LogP contribution in [-0.4, -0.2) is 0 Å². The summed E-state index contributed by atoms with van der Waals surface area (Å²) in [6, 6.07) is 10.9. The molecule has 1 fully saturated rings. The highest BCUT2D eigenvalue weighted by atomic mass is 14.3. The van der Waals surface area contributed by atoms with E-state index in [1.165, 1.54) is 63.8 Å². The van der Waals surface area contributed by atoms with Gasteiger partial charge in [0.25, 0.3) is 0 Å². The van der Waals surface area contributed by atoms with Crippen molar-refractivity contribution in [2.24, 2.45) is 17.8 Å². The van der Waals surface area contributed by atoms with Crippen molar-refractivity contribution in [1.82, 2.24) is 0 Å². The molecule has 1 aromatic rings. The second-order valence-electron chi connectivity index (χ2n) is 9.86. The first-order valence-corrected chi connectivity index (χ1v) is 12.6. The summed E-state index contributed by atoms with van der Waals surface area (Å²) < 4.78 is 0. The summed E-state index contributed by atoms with van der Waals surface area (Å²) in [5.74, 6) is 1.69. The normalized spacial score (nSPS) is 24.2. The van der Waals surface area contributed by atoms with Crippen LogP contribution in [0.15, 0.2) is 119 Å². The highest BCUT2D eigenvalue weighted by Gasteiger charge is 2.29. The molecule has 0 aromatic heterocycles. The lowest BCUT2D eigenvalue weighted by Crippen LogP contribution is -2.19. The third-order valence-electron chi connectivity index (χ3n) is 7.55. The zero-order valence-electron chi connectivity index (χ0n) is 20.6. The van der Waals surface area contributed by atoms with Crippen LogP contribution in [0.2, 0.25) is 0 Å². The van der Waals surface area contributed by atoms with E-state index in [-0.39, 0.29) is 0 Å². The minimum Gasteiger partial charge on any atom is -0.0984 e. The molecule has 0 aliphatic heterocycles. The van der Waals surface area contributed by atoms with Gasteiger partial charge in [-0.1, -0.05) is 106 Å². The van der Waals surface area contributed by atoms with Gasteiger partial charge in [0.15, 0.2) is 0 Å². The molecule has 170 valence electrons. The first-order chi connectivity index (χ1) is 16.0. The molecular formula is C33H38. The summed E-state index contributed by atoms with van der Waals surface area (Å²) in [7, 11) is 0. The molecule has 2 unspecified atom stereocenters. The van der Waals surface area contributed by atoms with Gasteiger partial charge >= 0.3 is 0 Å². The third kappa shape index (κ3) is 4.91. The summed E-state index contributed by atoms with van der Waals surface area (Å²) >= 11 is 0. The van der Waals surface area contributed by atoms with Crippen LogP contribution in [0.1, 0.15) is 58.4 Å². The molecule has 3 aliphatic carbocycles. The molecule has 0 nitrogen and oxygen atoms in total. The Hall–Kier alpha value is -2.86. The Labute approximate surface area is 201 Å². The highest BCUT2D eigenvalue weighted by Crippen LogP contribution is 2.46. The van der Waals surface area contributed by atoms with Gasteiger partial charge in [0.05, 0.1) is 0 Å². The Balaban J connectivity index is 1.73. The first kappa shape index (κ1) is 23.3. The van der Waals surface area contributed by atoms with E-state index in [0.717, 1.165) is 12.8 Å². The van der Waals surface area contributed by atoms with Gasteiger partial charge in [-0.2, -0.15) is 0 Å². The highest BCUT2D eigenvalue weighted by molar-refractivity contribution is 5.82. The zero-order chi connectivity index (χ0) is 23.4. The van der Waals surface area contributed by atoms with Crippen molar-refractivity contribution < 1.29 is 0 Å². The third-order valence-corrected chi connectivity index (χ3v) is 7.55. The van der Waals surface area contributed by atoms with Crippen LogP contribution < -0.4 is 0 Å². The Bertz CT molecular complexity index is 1090. The monoisotopic (exact) mass is 434 g/mol. The smallest absolute Gasteiger partial charge is 0.0144 e. The average Bonchev–Trinajstić information content (AvgIpc) is 2.80. The predicted molar refractivity (Wildman–Crippen MR) is 145 cm³/mol. The van der Waals surface area contributed by atoms with Gasteiger partial charge < -0.3 is 0 Å². The van der Waals surface area contributed by atoms with Crippen molar-refractivity contribution in [1.29, 1.82) is 0 Å². The van der Waals surface area contributed by atoms with Crippen molar-refractivity contribution in [3.63, 3.8) is 0 Å². The molecule has 0 amide bonds. The van der Waals surface area contributed by atoms with Gasteiger partial charge in [0, 0.05) is 0 Å². The summed E-state index contributed by atoms with van der Waals surface area (Å²) in [6.07, 6.45) is 22.0. The maximum absolute atomic E-state index is 4.46. The van der Waals surface area contributed by atoms with Crippen molar-refractivity contribution in [2.75, 3.05) is 0 Å². The van der Waals surface area contributed by atoms with Gasteiger partial charge in [0.2, 0.25) is 0 Å². The van der Waals surface area contributed by atoms with Crippen molar-refractivity contribution >= 4 is 5.57 Å². The predicted octanol–water partition coefficient (Wildman–Crippen LogP) is 9.34. The summed E-state index contributed by atoms with van der Waals surface area (Å²) in [6.45, 7) is 15.6. The van der Waals surface area contributed by atoms with Crippen LogP contribution in [0.25, 0.3) is 5.57 Å². The van der Waals surface area contributed by atoms with E-state index in [1.54, 1.807) is 0 Å². The number of hydrogen-bond acceptors (Lipinski definition) is 0. The van der Waals surface area contributed by atoms with Gasteiger partial charge in [-0.05, 0) is 94.9 Å². The number of hydrogen-bond donors (Lipinski definition) is 0. The van der Waals surface area contributed by atoms with E-state index >= 15 is 0 Å². The molecule has 0 saturated heterocycles. The van der Waals surface area contributed by atoms with Crippen molar-refractivity contribution in [3.05, 3.63) is 125 Å². The van der Waals surface area contributed by atoms with E-state index in [1.807, 2.05) is 0 Å². The van der Waals surface area contributed by atoms with Crippen LogP contribution in [0, 0.1) is 17.8 Å². The molecule has 0 bridgehead atoms. The van der Waals surface area contributed by atoms with Crippen LogP contribution in [-0.2, 0) is 0 Å². The Morgan fingerprint density at radius 1 is 1.06 bits per heavy atom.